The molecule has 212 valence electrons. The van der Waals surface area contributed by atoms with Crippen molar-refractivity contribution in [2.75, 3.05) is 63.2 Å². The van der Waals surface area contributed by atoms with Gasteiger partial charge < -0.3 is 20.0 Å². The molecule has 39 heavy (non-hydrogen) atoms. The lowest BCUT2D eigenvalue weighted by Crippen LogP contribution is -2.35. The second-order valence-corrected chi connectivity index (χ2v) is 12.4. The molecule has 0 aliphatic carbocycles. The molecule has 0 saturated carbocycles. The van der Waals surface area contributed by atoms with Crippen LogP contribution in [-0.4, -0.2) is 85.1 Å². The molecule has 2 aromatic rings. The van der Waals surface area contributed by atoms with E-state index in [1.165, 1.54) is 17.7 Å². The summed E-state index contributed by atoms with van der Waals surface area (Å²) in [5.74, 6) is 2.83. The van der Waals surface area contributed by atoms with E-state index in [0.29, 0.717) is 24.3 Å². The number of likely N-dealkylation sites (N-methyl/N-ethyl adjacent to an activating group) is 1. The van der Waals surface area contributed by atoms with Gasteiger partial charge in [-0.3, -0.25) is 14.7 Å². The van der Waals surface area contributed by atoms with Gasteiger partial charge in [0.2, 0.25) is 5.91 Å². The highest BCUT2D eigenvalue weighted by molar-refractivity contribution is 5.77. The van der Waals surface area contributed by atoms with Gasteiger partial charge in [-0.1, -0.05) is 33.8 Å². The number of fused-ring (bicyclic) bond motifs is 1. The van der Waals surface area contributed by atoms with Crippen molar-refractivity contribution in [3.8, 4) is 0 Å². The summed E-state index contributed by atoms with van der Waals surface area (Å²) in [7, 11) is 4.08. The van der Waals surface area contributed by atoms with Crippen LogP contribution in [0, 0.1) is 5.92 Å². The monoisotopic (exact) mass is 533 g/mol. The maximum absolute atomic E-state index is 12.3. The van der Waals surface area contributed by atoms with Crippen molar-refractivity contribution in [3.05, 3.63) is 46.9 Å². The highest BCUT2D eigenvalue weighted by atomic mass is 16.2. The number of amides is 1. The van der Waals surface area contributed by atoms with Crippen LogP contribution in [0.25, 0.3) is 0 Å². The summed E-state index contributed by atoms with van der Waals surface area (Å²) in [5, 5.41) is 3.56. The van der Waals surface area contributed by atoms with E-state index in [1.807, 2.05) is 11.9 Å². The Morgan fingerprint density at radius 1 is 0.974 bits per heavy atom. The summed E-state index contributed by atoms with van der Waals surface area (Å²) in [5.41, 5.74) is 5.85. The molecular weight excluding hydrogens is 486 g/mol. The first-order valence-electron chi connectivity index (χ1n) is 14.9. The van der Waals surface area contributed by atoms with Gasteiger partial charge in [0.15, 0.2) is 0 Å². The fourth-order valence-electron chi connectivity index (χ4n) is 6.43. The lowest BCUT2D eigenvalue weighted by atomic mass is 10.0. The van der Waals surface area contributed by atoms with Gasteiger partial charge in [0.05, 0.1) is 11.4 Å². The Kier molecular flexibility index (Phi) is 8.43. The molecule has 0 radical (unpaired) electrons. The number of hydrogen-bond acceptors (Lipinski definition) is 7. The van der Waals surface area contributed by atoms with E-state index < -0.39 is 0 Å². The maximum Gasteiger partial charge on any atom is 0.224 e. The number of carbonyl (C=O) groups is 1. The van der Waals surface area contributed by atoms with E-state index in [2.05, 4.69) is 79.0 Å². The molecule has 3 aliphatic heterocycles. The number of nitrogens with one attached hydrogen (secondary N) is 1. The summed E-state index contributed by atoms with van der Waals surface area (Å²) in [4.78, 5) is 31.8. The van der Waals surface area contributed by atoms with Crippen LogP contribution in [0.5, 0.6) is 0 Å². The highest BCUT2D eigenvalue weighted by Crippen LogP contribution is 2.33. The average molecular weight is 534 g/mol. The molecule has 0 spiro atoms. The average Bonchev–Trinajstić information content (AvgIpc) is 3.49. The summed E-state index contributed by atoms with van der Waals surface area (Å²) in [6.45, 7) is 16.1. The lowest BCUT2D eigenvalue weighted by molar-refractivity contribution is -0.129. The molecule has 1 amide bonds. The Balaban J connectivity index is 1.35. The van der Waals surface area contributed by atoms with E-state index in [1.54, 1.807) is 0 Å². The molecule has 5 rings (SSSR count). The topological polar surface area (TPSA) is 67.8 Å². The Morgan fingerprint density at radius 2 is 1.79 bits per heavy atom. The smallest absolute Gasteiger partial charge is 0.224 e. The SMILES string of the molecule is CC(C)c1ccc(N2CCC(=O)N(C)CC2)c(CN(C)Cc2ccc(N3CC[C@H]4CNC[C@H]43)nc2C(C)C)n1. The van der Waals surface area contributed by atoms with Crippen LogP contribution in [0.4, 0.5) is 11.5 Å². The van der Waals surface area contributed by atoms with Gasteiger partial charge in [-0.05, 0) is 55.0 Å². The number of hydrogen-bond donors (Lipinski definition) is 1. The molecule has 5 heterocycles. The Bertz CT molecular complexity index is 1170. The molecule has 0 aromatic carbocycles. The minimum Gasteiger partial charge on any atom is -0.368 e. The minimum atomic E-state index is 0.216. The molecular formula is C31H47N7O. The van der Waals surface area contributed by atoms with Crippen molar-refractivity contribution < 1.29 is 4.79 Å². The number of pyridine rings is 2. The van der Waals surface area contributed by atoms with Gasteiger partial charge in [-0.2, -0.15) is 0 Å². The third-order valence-electron chi connectivity index (χ3n) is 8.77. The molecule has 8 heteroatoms. The normalized spacial score (nSPS) is 22.0. The zero-order valence-electron chi connectivity index (χ0n) is 24.8. The predicted molar refractivity (Wildman–Crippen MR) is 158 cm³/mol. The van der Waals surface area contributed by atoms with Crippen molar-refractivity contribution in [1.29, 1.82) is 0 Å². The fraction of sp³-hybridized carbons (Fsp3) is 0.645. The molecule has 8 nitrogen and oxygen atoms in total. The molecule has 3 fully saturated rings. The summed E-state index contributed by atoms with van der Waals surface area (Å²) in [6.07, 6.45) is 1.80. The van der Waals surface area contributed by atoms with Crippen LogP contribution < -0.4 is 15.1 Å². The molecule has 0 unspecified atom stereocenters. The number of rotatable bonds is 8. The Morgan fingerprint density at radius 3 is 2.56 bits per heavy atom. The zero-order valence-corrected chi connectivity index (χ0v) is 24.8. The van der Waals surface area contributed by atoms with Gasteiger partial charge >= 0.3 is 0 Å². The lowest BCUT2D eigenvalue weighted by Gasteiger charge is -2.28. The van der Waals surface area contributed by atoms with Crippen molar-refractivity contribution in [2.45, 2.75) is 71.5 Å². The van der Waals surface area contributed by atoms with E-state index in [0.717, 1.165) is 81.2 Å². The van der Waals surface area contributed by atoms with Crippen LogP contribution >= 0.6 is 0 Å². The number of anilines is 2. The highest BCUT2D eigenvalue weighted by Gasteiger charge is 2.38. The second kappa shape index (κ2) is 11.8. The first kappa shape index (κ1) is 27.8. The summed E-state index contributed by atoms with van der Waals surface area (Å²) in [6, 6.07) is 9.50. The molecule has 3 aliphatic rings. The summed E-state index contributed by atoms with van der Waals surface area (Å²) < 4.78 is 0. The Hall–Kier alpha value is -2.71. The van der Waals surface area contributed by atoms with Gasteiger partial charge in [0, 0.05) is 83.3 Å². The molecule has 2 atom stereocenters. The first-order valence-corrected chi connectivity index (χ1v) is 14.9. The maximum atomic E-state index is 12.3. The van der Waals surface area contributed by atoms with Gasteiger partial charge in [0.25, 0.3) is 0 Å². The van der Waals surface area contributed by atoms with Crippen LogP contribution in [0.2, 0.25) is 0 Å². The van der Waals surface area contributed by atoms with Crippen LogP contribution in [0.15, 0.2) is 24.3 Å². The number of aromatic nitrogens is 2. The number of carbonyl (C=O) groups excluding carboxylic acids is 1. The van der Waals surface area contributed by atoms with Crippen LogP contribution in [0.3, 0.4) is 0 Å². The van der Waals surface area contributed by atoms with Crippen molar-refractivity contribution in [3.63, 3.8) is 0 Å². The van der Waals surface area contributed by atoms with E-state index in [4.69, 9.17) is 9.97 Å². The van der Waals surface area contributed by atoms with Crippen molar-refractivity contribution in [1.82, 2.24) is 25.1 Å². The third kappa shape index (κ3) is 6.07. The molecule has 3 saturated heterocycles. The van der Waals surface area contributed by atoms with Gasteiger partial charge in [-0.15, -0.1) is 0 Å². The quantitative estimate of drug-likeness (QED) is 0.553. The summed E-state index contributed by atoms with van der Waals surface area (Å²) >= 11 is 0. The minimum absolute atomic E-state index is 0.216. The zero-order chi connectivity index (χ0) is 27.7. The predicted octanol–water partition coefficient (Wildman–Crippen LogP) is 3.82. The van der Waals surface area contributed by atoms with Crippen LogP contribution in [-0.2, 0) is 17.9 Å². The standard InChI is InChI=1S/C31H47N7O/c1-21(2)25-8-9-27(37-13-12-30(39)36(6)15-16-37)26(33-25)20-35(5)19-24-7-10-29(34-31(24)22(3)4)38-14-11-23-17-32-18-28(23)38/h7-10,21-23,28,32H,11-20H2,1-6H3/t23-,28+/m0/s1. The molecule has 2 aromatic heterocycles. The Labute approximate surface area is 234 Å². The largest absolute Gasteiger partial charge is 0.368 e. The molecule has 1 N–H and O–H groups in total. The fourth-order valence-corrected chi connectivity index (χ4v) is 6.43. The van der Waals surface area contributed by atoms with Gasteiger partial charge in [0.1, 0.15) is 5.82 Å². The number of nitrogens with zero attached hydrogens (tertiary/aromatic N) is 6. The van der Waals surface area contributed by atoms with Crippen molar-refractivity contribution in [2.24, 2.45) is 5.92 Å². The van der Waals surface area contributed by atoms with E-state index in [9.17, 15) is 4.79 Å². The van der Waals surface area contributed by atoms with E-state index >= 15 is 0 Å². The van der Waals surface area contributed by atoms with Gasteiger partial charge in [-0.25, -0.2) is 4.98 Å². The first-order chi connectivity index (χ1) is 18.7. The van der Waals surface area contributed by atoms with Crippen molar-refractivity contribution >= 4 is 17.4 Å². The van der Waals surface area contributed by atoms with E-state index in [-0.39, 0.29) is 5.91 Å². The van der Waals surface area contributed by atoms with Crippen LogP contribution in [0.1, 0.15) is 75.0 Å². The second-order valence-electron chi connectivity index (χ2n) is 12.4. The third-order valence-corrected chi connectivity index (χ3v) is 8.77. The molecule has 0 bridgehead atoms.